The maximum atomic E-state index is 6.07. The number of hydrogen-bond donors (Lipinski definition) is 1. The van der Waals surface area contributed by atoms with Crippen molar-refractivity contribution in [2.45, 2.75) is 38.1 Å². The fraction of sp³-hybridized carbons (Fsp3) is 0.476. The summed E-state index contributed by atoms with van der Waals surface area (Å²) in [7, 11) is 0. The van der Waals surface area contributed by atoms with E-state index in [9.17, 15) is 0 Å². The quantitative estimate of drug-likeness (QED) is 0.748. The van der Waals surface area contributed by atoms with Gasteiger partial charge in [-0.25, -0.2) is 9.97 Å². The van der Waals surface area contributed by atoms with Crippen LogP contribution >= 0.6 is 0 Å². The van der Waals surface area contributed by atoms with E-state index in [2.05, 4.69) is 24.8 Å². The van der Waals surface area contributed by atoms with E-state index in [4.69, 9.17) is 10.2 Å². The van der Waals surface area contributed by atoms with Gasteiger partial charge in [0.1, 0.15) is 5.82 Å². The molecule has 28 heavy (non-hydrogen) atoms. The molecule has 2 aliphatic rings. The number of nitrogens with two attached hydrogens (primary N) is 1. The van der Waals surface area contributed by atoms with Crippen molar-refractivity contribution in [1.29, 1.82) is 0 Å². The van der Waals surface area contributed by atoms with Gasteiger partial charge in [0.2, 0.25) is 5.65 Å². The fourth-order valence-electron chi connectivity index (χ4n) is 4.38. The van der Waals surface area contributed by atoms with Crippen LogP contribution in [0.3, 0.4) is 0 Å². The molecule has 2 aliphatic heterocycles. The summed E-state index contributed by atoms with van der Waals surface area (Å²) < 4.78 is 6.07. The molecule has 0 atom stereocenters. The number of nitrogens with zero attached hydrogens (tertiary/aromatic N) is 5. The third-order valence-corrected chi connectivity index (χ3v) is 6.00. The number of aromatic nitrogens is 3. The van der Waals surface area contributed by atoms with Crippen molar-refractivity contribution in [3.63, 3.8) is 0 Å². The molecule has 2 saturated heterocycles. The molecule has 0 saturated carbocycles. The maximum Gasteiger partial charge on any atom is 0.299 e. The van der Waals surface area contributed by atoms with Crippen LogP contribution < -0.4 is 10.6 Å². The van der Waals surface area contributed by atoms with Crippen molar-refractivity contribution in [2.75, 3.05) is 36.8 Å². The van der Waals surface area contributed by atoms with Gasteiger partial charge in [0.25, 0.3) is 6.01 Å². The Bertz CT molecular complexity index is 939. The topological polar surface area (TPSA) is 84.3 Å². The first-order valence-corrected chi connectivity index (χ1v) is 10.2. The summed E-state index contributed by atoms with van der Waals surface area (Å²) in [4.78, 5) is 18.2. The molecule has 0 aromatic carbocycles. The van der Waals surface area contributed by atoms with Crippen LogP contribution in [-0.4, -0.2) is 52.1 Å². The molecule has 2 N–H and O–H groups in total. The van der Waals surface area contributed by atoms with Crippen LogP contribution in [0.5, 0.6) is 0 Å². The lowest BCUT2D eigenvalue weighted by Crippen LogP contribution is -2.46. The number of rotatable bonds is 3. The Morgan fingerprint density at radius 2 is 1.71 bits per heavy atom. The van der Waals surface area contributed by atoms with E-state index >= 15 is 0 Å². The SMILES string of the molecule is Nc1ccc(-c2cnc3nc(N4CCC(N5CCCCC5)CC4)oc3c2)cn1. The van der Waals surface area contributed by atoms with Crippen molar-refractivity contribution in [1.82, 2.24) is 19.9 Å². The lowest BCUT2D eigenvalue weighted by atomic mass is 10.0. The second-order valence-corrected chi connectivity index (χ2v) is 7.83. The van der Waals surface area contributed by atoms with Crippen LogP contribution in [0, 0.1) is 0 Å². The zero-order valence-corrected chi connectivity index (χ0v) is 16.0. The van der Waals surface area contributed by atoms with Gasteiger partial charge in [-0.3, -0.25) is 0 Å². The van der Waals surface area contributed by atoms with Gasteiger partial charge >= 0.3 is 0 Å². The molecule has 5 rings (SSSR count). The Morgan fingerprint density at radius 1 is 0.929 bits per heavy atom. The first-order chi connectivity index (χ1) is 13.8. The highest BCUT2D eigenvalue weighted by Crippen LogP contribution is 2.28. The molecule has 5 heterocycles. The monoisotopic (exact) mass is 378 g/mol. The normalized spacial score (nSPS) is 19.4. The molecule has 2 fully saturated rings. The molecule has 0 aliphatic carbocycles. The number of fused-ring (bicyclic) bond motifs is 1. The molecule has 0 bridgehead atoms. The summed E-state index contributed by atoms with van der Waals surface area (Å²) >= 11 is 0. The van der Waals surface area contributed by atoms with Gasteiger partial charge in [0, 0.05) is 42.7 Å². The first kappa shape index (κ1) is 17.4. The van der Waals surface area contributed by atoms with Gasteiger partial charge in [0.05, 0.1) is 0 Å². The van der Waals surface area contributed by atoms with Crippen LogP contribution in [0.1, 0.15) is 32.1 Å². The zero-order valence-electron chi connectivity index (χ0n) is 16.0. The Kier molecular flexibility index (Phi) is 4.60. The third-order valence-electron chi connectivity index (χ3n) is 6.00. The standard InChI is InChI=1S/C21H26N6O/c22-19-5-4-15(13-23-19)16-12-18-20(24-14-16)25-21(28-18)27-10-6-17(7-11-27)26-8-2-1-3-9-26/h4-5,12-14,17H,1-3,6-11H2,(H2,22,23). The minimum absolute atomic E-state index is 0.507. The average molecular weight is 378 g/mol. The van der Waals surface area contributed by atoms with E-state index in [0.29, 0.717) is 29.1 Å². The molecule has 0 unspecified atom stereocenters. The minimum atomic E-state index is 0.507. The van der Waals surface area contributed by atoms with Crippen LogP contribution in [0.4, 0.5) is 11.8 Å². The Morgan fingerprint density at radius 3 is 2.46 bits per heavy atom. The van der Waals surface area contributed by atoms with E-state index in [1.54, 1.807) is 12.3 Å². The van der Waals surface area contributed by atoms with Gasteiger partial charge < -0.3 is 20.0 Å². The molecular formula is C21H26N6O. The van der Waals surface area contributed by atoms with Gasteiger partial charge in [-0.2, -0.15) is 4.98 Å². The summed E-state index contributed by atoms with van der Waals surface area (Å²) in [5.74, 6) is 0.507. The number of nitrogen functional groups attached to an aromatic ring is 1. The van der Waals surface area contributed by atoms with Crippen molar-refractivity contribution < 1.29 is 4.42 Å². The highest BCUT2D eigenvalue weighted by atomic mass is 16.4. The van der Waals surface area contributed by atoms with E-state index in [0.717, 1.165) is 24.2 Å². The molecule has 7 nitrogen and oxygen atoms in total. The van der Waals surface area contributed by atoms with Gasteiger partial charge in [-0.05, 0) is 57.0 Å². The molecule has 3 aromatic heterocycles. The van der Waals surface area contributed by atoms with Crippen LogP contribution in [0.15, 0.2) is 35.0 Å². The highest BCUT2D eigenvalue weighted by molar-refractivity contribution is 5.77. The van der Waals surface area contributed by atoms with Crippen LogP contribution in [0.2, 0.25) is 0 Å². The summed E-state index contributed by atoms with van der Waals surface area (Å²) in [5.41, 5.74) is 8.95. The molecule has 0 spiro atoms. The average Bonchev–Trinajstić information content (AvgIpc) is 3.18. The maximum absolute atomic E-state index is 6.07. The highest BCUT2D eigenvalue weighted by Gasteiger charge is 2.27. The zero-order chi connectivity index (χ0) is 18.9. The predicted molar refractivity (Wildman–Crippen MR) is 110 cm³/mol. The fourth-order valence-corrected chi connectivity index (χ4v) is 4.38. The van der Waals surface area contributed by atoms with E-state index in [1.165, 1.54) is 45.2 Å². The molecule has 3 aromatic rings. The van der Waals surface area contributed by atoms with E-state index in [-0.39, 0.29) is 0 Å². The molecule has 7 heteroatoms. The number of pyridine rings is 2. The summed E-state index contributed by atoms with van der Waals surface area (Å²) in [5, 5.41) is 0. The summed E-state index contributed by atoms with van der Waals surface area (Å²) in [6.07, 6.45) is 10.00. The third kappa shape index (κ3) is 3.42. The van der Waals surface area contributed by atoms with E-state index in [1.807, 2.05) is 18.3 Å². The van der Waals surface area contributed by atoms with Gasteiger partial charge in [0.15, 0.2) is 5.58 Å². The number of oxazole rings is 1. The number of anilines is 2. The second-order valence-electron chi connectivity index (χ2n) is 7.83. The Balaban J connectivity index is 1.31. The second kappa shape index (κ2) is 7.39. The predicted octanol–water partition coefficient (Wildman–Crippen LogP) is 3.32. The van der Waals surface area contributed by atoms with Crippen LogP contribution in [0.25, 0.3) is 22.4 Å². The molecule has 146 valence electrons. The lowest BCUT2D eigenvalue weighted by Gasteiger charge is -2.39. The minimum Gasteiger partial charge on any atom is -0.422 e. The summed E-state index contributed by atoms with van der Waals surface area (Å²) in [6.45, 7) is 4.51. The number of hydrogen-bond acceptors (Lipinski definition) is 7. The number of likely N-dealkylation sites (tertiary alicyclic amines) is 1. The van der Waals surface area contributed by atoms with Crippen molar-refractivity contribution >= 4 is 23.1 Å². The van der Waals surface area contributed by atoms with E-state index < -0.39 is 0 Å². The Labute approximate surface area is 164 Å². The van der Waals surface area contributed by atoms with Crippen LogP contribution in [-0.2, 0) is 0 Å². The Hall–Kier alpha value is -2.67. The first-order valence-electron chi connectivity index (χ1n) is 10.2. The summed E-state index contributed by atoms with van der Waals surface area (Å²) in [6, 6.07) is 7.11. The lowest BCUT2D eigenvalue weighted by molar-refractivity contribution is 0.140. The van der Waals surface area contributed by atoms with Gasteiger partial charge in [-0.1, -0.05) is 6.42 Å². The van der Waals surface area contributed by atoms with Crippen molar-refractivity contribution in [3.05, 3.63) is 30.6 Å². The largest absolute Gasteiger partial charge is 0.422 e. The smallest absolute Gasteiger partial charge is 0.299 e. The van der Waals surface area contributed by atoms with Gasteiger partial charge in [-0.15, -0.1) is 0 Å². The molecular weight excluding hydrogens is 352 g/mol. The van der Waals surface area contributed by atoms with Crippen molar-refractivity contribution in [2.24, 2.45) is 0 Å². The van der Waals surface area contributed by atoms with Crippen molar-refractivity contribution in [3.8, 4) is 11.1 Å². The molecule has 0 amide bonds. The number of piperidine rings is 2. The molecule has 0 radical (unpaired) electrons.